The molecule has 1 amide bonds. The lowest BCUT2D eigenvalue weighted by Gasteiger charge is -2.13. The smallest absolute Gasteiger partial charge is 0.243 e. The van der Waals surface area contributed by atoms with Gasteiger partial charge >= 0.3 is 0 Å². The Morgan fingerprint density at radius 3 is 2.76 bits per heavy atom. The Balaban J connectivity index is 1.92. The van der Waals surface area contributed by atoms with Crippen LogP contribution in [0.15, 0.2) is 61.2 Å². The number of benzene rings is 2. The quantitative estimate of drug-likeness (QED) is 0.675. The third kappa shape index (κ3) is 6.22. The lowest BCUT2D eigenvalue weighted by molar-refractivity contribution is -0.114. The molecule has 0 radical (unpaired) electrons. The largest absolute Gasteiger partial charge is 0.491 e. The summed E-state index contributed by atoms with van der Waals surface area (Å²) < 4.78 is 11.2. The highest BCUT2D eigenvalue weighted by atomic mass is 16.5. The van der Waals surface area contributed by atoms with E-state index < -0.39 is 0 Å². The second-order valence-corrected chi connectivity index (χ2v) is 5.69. The summed E-state index contributed by atoms with van der Waals surface area (Å²) >= 11 is 0. The maximum atomic E-state index is 12.2. The lowest BCUT2D eigenvalue weighted by atomic mass is 10.2. The van der Waals surface area contributed by atoms with Crippen molar-refractivity contribution in [2.24, 2.45) is 0 Å². The zero-order valence-corrected chi connectivity index (χ0v) is 14.6. The maximum Gasteiger partial charge on any atom is 0.243 e. The van der Waals surface area contributed by atoms with Crippen LogP contribution in [0.1, 0.15) is 13.8 Å². The minimum atomic E-state index is -0.162. The van der Waals surface area contributed by atoms with Crippen LogP contribution in [0.2, 0.25) is 0 Å². The number of hydrogen-bond acceptors (Lipinski definition) is 4. The van der Waals surface area contributed by atoms with E-state index in [-0.39, 0.29) is 18.6 Å². The molecule has 0 aromatic heterocycles. The van der Waals surface area contributed by atoms with Crippen LogP contribution in [-0.2, 0) is 4.79 Å². The van der Waals surface area contributed by atoms with Gasteiger partial charge in [-0.2, -0.15) is 0 Å². The molecule has 2 N–H and O–H groups in total. The van der Waals surface area contributed by atoms with Gasteiger partial charge < -0.3 is 20.1 Å². The van der Waals surface area contributed by atoms with Crippen LogP contribution in [-0.4, -0.2) is 25.2 Å². The van der Waals surface area contributed by atoms with Crippen molar-refractivity contribution in [2.75, 3.05) is 23.8 Å². The third-order valence-corrected chi connectivity index (χ3v) is 3.18. The van der Waals surface area contributed by atoms with E-state index in [4.69, 9.17) is 9.47 Å². The SMILES string of the molecule is C=CCOc1ccccc1NC(=O)CNc1cccc(OC(C)C)c1. The van der Waals surface area contributed by atoms with Crippen LogP contribution in [0.4, 0.5) is 11.4 Å². The number of rotatable bonds is 9. The van der Waals surface area contributed by atoms with Crippen LogP contribution in [0.5, 0.6) is 11.5 Å². The van der Waals surface area contributed by atoms with E-state index in [1.807, 2.05) is 50.2 Å². The lowest BCUT2D eigenvalue weighted by Crippen LogP contribution is -2.22. The van der Waals surface area contributed by atoms with Gasteiger partial charge in [-0.3, -0.25) is 4.79 Å². The molecule has 0 fully saturated rings. The summed E-state index contributed by atoms with van der Waals surface area (Å²) in [6.45, 7) is 8.09. The van der Waals surface area contributed by atoms with Crippen molar-refractivity contribution in [3.63, 3.8) is 0 Å². The van der Waals surface area contributed by atoms with Crippen molar-refractivity contribution in [2.45, 2.75) is 20.0 Å². The number of carbonyl (C=O) groups is 1. The number of nitrogens with one attached hydrogen (secondary N) is 2. The van der Waals surface area contributed by atoms with Gasteiger partial charge in [-0.15, -0.1) is 0 Å². The van der Waals surface area contributed by atoms with Gasteiger partial charge in [0.2, 0.25) is 5.91 Å². The summed E-state index contributed by atoms with van der Waals surface area (Å²) in [4.78, 5) is 12.2. The van der Waals surface area contributed by atoms with Gasteiger partial charge in [-0.25, -0.2) is 0 Å². The van der Waals surface area contributed by atoms with E-state index in [2.05, 4.69) is 17.2 Å². The van der Waals surface area contributed by atoms with Crippen molar-refractivity contribution in [1.82, 2.24) is 0 Å². The van der Waals surface area contributed by atoms with Gasteiger partial charge in [0.25, 0.3) is 0 Å². The minimum absolute atomic E-state index is 0.102. The molecule has 0 aliphatic heterocycles. The van der Waals surface area contributed by atoms with E-state index in [0.717, 1.165) is 11.4 Å². The van der Waals surface area contributed by atoms with Gasteiger partial charge in [-0.1, -0.05) is 30.9 Å². The molecule has 5 nitrogen and oxygen atoms in total. The number of para-hydroxylation sites is 2. The van der Waals surface area contributed by atoms with Gasteiger partial charge in [0, 0.05) is 11.8 Å². The fourth-order valence-corrected chi connectivity index (χ4v) is 2.17. The molecule has 0 unspecified atom stereocenters. The summed E-state index contributed by atoms with van der Waals surface area (Å²) in [6, 6.07) is 14.8. The van der Waals surface area contributed by atoms with Gasteiger partial charge in [0.1, 0.15) is 18.1 Å². The molecule has 0 bridgehead atoms. The van der Waals surface area contributed by atoms with E-state index in [1.165, 1.54) is 0 Å². The van der Waals surface area contributed by atoms with Crippen LogP contribution < -0.4 is 20.1 Å². The molecule has 2 aromatic rings. The summed E-state index contributed by atoms with van der Waals surface area (Å²) in [7, 11) is 0. The molecule has 132 valence electrons. The molecule has 0 saturated heterocycles. The number of hydrogen-bond donors (Lipinski definition) is 2. The summed E-state index contributed by atoms with van der Waals surface area (Å²) in [6.07, 6.45) is 1.76. The average Bonchev–Trinajstić information content (AvgIpc) is 2.59. The summed E-state index contributed by atoms with van der Waals surface area (Å²) in [5, 5.41) is 5.94. The molecule has 5 heteroatoms. The van der Waals surface area contributed by atoms with E-state index >= 15 is 0 Å². The van der Waals surface area contributed by atoms with Crippen molar-refractivity contribution in [3.8, 4) is 11.5 Å². The first-order chi connectivity index (χ1) is 12.1. The average molecular weight is 340 g/mol. The van der Waals surface area contributed by atoms with Gasteiger partial charge in [0.05, 0.1) is 18.3 Å². The molecule has 0 aliphatic rings. The minimum Gasteiger partial charge on any atom is -0.491 e. The molecular formula is C20H24N2O3. The predicted octanol–water partition coefficient (Wildman–Crippen LogP) is 4.09. The second-order valence-electron chi connectivity index (χ2n) is 5.69. The first kappa shape index (κ1) is 18.4. The molecule has 0 saturated carbocycles. The van der Waals surface area contributed by atoms with E-state index in [0.29, 0.717) is 18.0 Å². The first-order valence-electron chi connectivity index (χ1n) is 8.21. The highest BCUT2D eigenvalue weighted by Crippen LogP contribution is 2.24. The zero-order valence-electron chi connectivity index (χ0n) is 14.6. The molecule has 0 spiro atoms. The Bertz CT molecular complexity index is 714. The second kappa shape index (κ2) is 9.37. The first-order valence-corrected chi connectivity index (χ1v) is 8.21. The number of anilines is 2. The molecule has 2 aromatic carbocycles. The Labute approximate surface area is 148 Å². The standard InChI is InChI=1S/C20H24N2O3/c1-4-12-24-19-11-6-5-10-18(19)22-20(23)14-21-16-8-7-9-17(13-16)25-15(2)3/h4-11,13,15,21H,1,12,14H2,2-3H3,(H,22,23). The monoisotopic (exact) mass is 340 g/mol. The van der Waals surface area contributed by atoms with Gasteiger partial charge in [-0.05, 0) is 38.1 Å². The Kier molecular flexibility index (Phi) is 6.89. The van der Waals surface area contributed by atoms with Crippen LogP contribution >= 0.6 is 0 Å². The molecule has 0 heterocycles. The zero-order chi connectivity index (χ0) is 18.1. The van der Waals surface area contributed by atoms with Crippen molar-refractivity contribution in [3.05, 3.63) is 61.2 Å². The van der Waals surface area contributed by atoms with Crippen LogP contribution in [0.25, 0.3) is 0 Å². The Morgan fingerprint density at radius 2 is 2.00 bits per heavy atom. The van der Waals surface area contributed by atoms with Crippen molar-refractivity contribution < 1.29 is 14.3 Å². The van der Waals surface area contributed by atoms with Gasteiger partial charge in [0.15, 0.2) is 0 Å². The highest BCUT2D eigenvalue weighted by Gasteiger charge is 2.07. The Morgan fingerprint density at radius 1 is 1.20 bits per heavy atom. The molecule has 2 rings (SSSR count). The van der Waals surface area contributed by atoms with E-state index in [1.54, 1.807) is 18.2 Å². The summed E-state index contributed by atoms with van der Waals surface area (Å²) in [5.41, 5.74) is 1.46. The number of amides is 1. The van der Waals surface area contributed by atoms with E-state index in [9.17, 15) is 4.79 Å². The topological polar surface area (TPSA) is 59.6 Å². The van der Waals surface area contributed by atoms with Crippen molar-refractivity contribution in [1.29, 1.82) is 0 Å². The fourth-order valence-electron chi connectivity index (χ4n) is 2.17. The molecule has 25 heavy (non-hydrogen) atoms. The van der Waals surface area contributed by atoms with Crippen LogP contribution in [0.3, 0.4) is 0 Å². The number of carbonyl (C=O) groups excluding carboxylic acids is 1. The molecule has 0 atom stereocenters. The highest BCUT2D eigenvalue weighted by molar-refractivity contribution is 5.95. The van der Waals surface area contributed by atoms with Crippen molar-refractivity contribution >= 4 is 17.3 Å². The predicted molar refractivity (Wildman–Crippen MR) is 101 cm³/mol. The van der Waals surface area contributed by atoms with Crippen LogP contribution in [0, 0.1) is 0 Å². The third-order valence-electron chi connectivity index (χ3n) is 3.18. The molecular weight excluding hydrogens is 316 g/mol. The Hall–Kier alpha value is -2.95. The maximum absolute atomic E-state index is 12.2. The fraction of sp³-hybridized carbons (Fsp3) is 0.250. The molecule has 0 aliphatic carbocycles. The summed E-state index contributed by atoms with van der Waals surface area (Å²) in [5.74, 6) is 1.22. The normalized spacial score (nSPS) is 10.2. The number of ether oxygens (including phenoxy) is 2.